The van der Waals surface area contributed by atoms with Gasteiger partial charge < -0.3 is 15.0 Å². The van der Waals surface area contributed by atoms with Gasteiger partial charge in [0.25, 0.3) is 5.91 Å². The number of carbonyl (C=O) groups excluding carboxylic acids is 2. The first-order valence-corrected chi connectivity index (χ1v) is 10.1. The van der Waals surface area contributed by atoms with E-state index in [9.17, 15) is 9.59 Å². The lowest BCUT2D eigenvalue weighted by Crippen LogP contribution is -2.51. The Labute approximate surface area is 174 Å². The van der Waals surface area contributed by atoms with Crippen LogP contribution in [0.3, 0.4) is 0 Å². The van der Waals surface area contributed by atoms with Gasteiger partial charge in [-0.25, -0.2) is 0 Å². The molecule has 5 nitrogen and oxygen atoms in total. The van der Waals surface area contributed by atoms with Gasteiger partial charge in [0, 0.05) is 12.6 Å². The molecular weight excluding hydrogens is 364 g/mol. The second-order valence-electron chi connectivity index (χ2n) is 7.65. The smallest absolute Gasteiger partial charge is 0.261 e. The Morgan fingerprint density at radius 1 is 1.00 bits per heavy atom. The molecule has 0 aliphatic carbocycles. The predicted octanol–water partition coefficient (Wildman–Crippen LogP) is 3.67. The molecule has 0 heterocycles. The fourth-order valence-electron chi connectivity index (χ4n) is 3.08. The van der Waals surface area contributed by atoms with Crippen molar-refractivity contribution in [3.63, 3.8) is 0 Å². The van der Waals surface area contributed by atoms with E-state index in [1.807, 2.05) is 76.2 Å². The van der Waals surface area contributed by atoms with Crippen LogP contribution in [0.25, 0.3) is 0 Å². The van der Waals surface area contributed by atoms with Crippen molar-refractivity contribution in [2.24, 2.45) is 0 Å². The van der Waals surface area contributed by atoms with Crippen molar-refractivity contribution in [3.8, 4) is 5.75 Å². The van der Waals surface area contributed by atoms with E-state index >= 15 is 0 Å². The zero-order chi connectivity index (χ0) is 21.4. The third-order valence-corrected chi connectivity index (χ3v) is 4.99. The molecule has 0 unspecified atom stereocenters. The van der Waals surface area contributed by atoms with Crippen molar-refractivity contribution in [2.45, 2.75) is 53.1 Å². The highest BCUT2D eigenvalue weighted by atomic mass is 16.5. The minimum absolute atomic E-state index is 0.0159. The zero-order valence-corrected chi connectivity index (χ0v) is 18.1. The van der Waals surface area contributed by atoms with Gasteiger partial charge in [-0.15, -0.1) is 0 Å². The number of ether oxygens (including phenoxy) is 1. The highest BCUT2D eigenvalue weighted by Gasteiger charge is 2.26. The van der Waals surface area contributed by atoms with E-state index in [0.717, 1.165) is 16.7 Å². The van der Waals surface area contributed by atoms with Gasteiger partial charge in [-0.2, -0.15) is 0 Å². The van der Waals surface area contributed by atoms with Crippen LogP contribution in [0.2, 0.25) is 0 Å². The molecule has 156 valence electrons. The highest BCUT2D eigenvalue weighted by molar-refractivity contribution is 5.88. The molecule has 2 amide bonds. The summed E-state index contributed by atoms with van der Waals surface area (Å²) in [6.45, 7) is 9.91. The van der Waals surface area contributed by atoms with Gasteiger partial charge in [0.05, 0.1) is 0 Å². The van der Waals surface area contributed by atoms with Crippen molar-refractivity contribution < 1.29 is 14.3 Å². The van der Waals surface area contributed by atoms with Crippen molar-refractivity contribution in [3.05, 3.63) is 65.2 Å². The summed E-state index contributed by atoms with van der Waals surface area (Å²) in [5.74, 6) is 0.335. The highest BCUT2D eigenvalue weighted by Crippen LogP contribution is 2.20. The summed E-state index contributed by atoms with van der Waals surface area (Å²) < 4.78 is 5.80. The van der Waals surface area contributed by atoms with Crippen LogP contribution in [0, 0.1) is 13.8 Å². The number of aryl methyl sites for hydroxylation is 1. The fourth-order valence-corrected chi connectivity index (χ4v) is 3.08. The Morgan fingerprint density at radius 3 is 2.34 bits per heavy atom. The van der Waals surface area contributed by atoms with Gasteiger partial charge in [0.2, 0.25) is 5.91 Å². The number of nitrogens with one attached hydrogen (secondary N) is 1. The summed E-state index contributed by atoms with van der Waals surface area (Å²) in [4.78, 5) is 27.1. The number of carbonyl (C=O) groups is 2. The lowest BCUT2D eigenvalue weighted by atomic mass is 10.1. The molecule has 0 saturated heterocycles. The number of hydrogen-bond donors (Lipinski definition) is 1. The van der Waals surface area contributed by atoms with Crippen LogP contribution in [0.5, 0.6) is 5.75 Å². The fraction of sp³-hybridized carbons (Fsp3) is 0.417. The van der Waals surface area contributed by atoms with Crippen LogP contribution < -0.4 is 10.1 Å². The summed E-state index contributed by atoms with van der Waals surface area (Å²) in [5.41, 5.74) is 3.25. The monoisotopic (exact) mass is 396 g/mol. The molecule has 0 radical (unpaired) electrons. The van der Waals surface area contributed by atoms with Gasteiger partial charge in [-0.3, -0.25) is 9.59 Å². The maximum absolute atomic E-state index is 13.0. The predicted molar refractivity (Wildman–Crippen MR) is 116 cm³/mol. The van der Waals surface area contributed by atoms with Crippen LogP contribution in [-0.4, -0.2) is 41.9 Å². The molecule has 1 N–H and O–H groups in total. The van der Waals surface area contributed by atoms with Crippen molar-refractivity contribution in [2.75, 3.05) is 13.2 Å². The molecule has 5 heteroatoms. The molecule has 0 spiro atoms. The number of nitrogens with zero attached hydrogens (tertiary/aromatic N) is 1. The van der Waals surface area contributed by atoms with E-state index in [1.54, 1.807) is 11.8 Å². The number of rotatable bonds is 9. The first-order valence-electron chi connectivity index (χ1n) is 10.1. The van der Waals surface area contributed by atoms with Crippen molar-refractivity contribution in [1.82, 2.24) is 10.2 Å². The number of amides is 2. The molecule has 29 heavy (non-hydrogen) atoms. The van der Waals surface area contributed by atoms with Gasteiger partial charge in [0.15, 0.2) is 6.61 Å². The van der Waals surface area contributed by atoms with Gasteiger partial charge in [0.1, 0.15) is 11.8 Å². The average molecular weight is 397 g/mol. The molecule has 0 saturated carbocycles. The summed E-state index contributed by atoms with van der Waals surface area (Å²) >= 11 is 0. The van der Waals surface area contributed by atoms with Gasteiger partial charge >= 0.3 is 0 Å². The van der Waals surface area contributed by atoms with E-state index in [-0.39, 0.29) is 24.5 Å². The summed E-state index contributed by atoms with van der Waals surface area (Å²) in [6.07, 6.45) is 0.676. The second kappa shape index (κ2) is 10.6. The summed E-state index contributed by atoms with van der Waals surface area (Å²) in [7, 11) is 0. The molecule has 0 aromatic heterocycles. The van der Waals surface area contributed by atoms with Crippen LogP contribution in [0.1, 0.15) is 37.5 Å². The SMILES string of the molecule is Cc1cccc(OCC(=O)N(CCc2ccccc2)[C@H](C)C(=O)NC(C)C)c1C. The minimum atomic E-state index is -0.573. The van der Waals surface area contributed by atoms with Crippen LogP contribution >= 0.6 is 0 Å². The first-order chi connectivity index (χ1) is 13.8. The molecule has 0 bridgehead atoms. The molecule has 0 aliphatic heterocycles. The molecule has 0 aliphatic rings. The van der Waals surface area contributed by atoms with Gasteiger partial charge in [-0.1, -0.05) is 42.5 Å². The Hall–Kier alpha value is -2.82. The third kappa shape index (κ3) is 6.63. The second-order valence-corrected chi connectivity index (χ2v) is 7.65. The average Bonchev–Trinajstić information content (AvgIpc) is 2.69. The Morgan fingerprint density at radius 2 is 1.69 bits per heavy atom. The van der Waals surface area contributed by atoms with E-state index in [0.29, 0.717) is 18.7 Å². The normalized spacial score (nSPS) is 11.8. The van der Waals surface area contributed by atoms with Crippen LogP contribution in [-0.2, 0) is 16.0 Å². The van der Waals surface area contributed by atoms with E-state index < -0.39 is 6.04 Å². The molecule has 2 aromatic carbocycles. The topological polar surface area (TPSA) is 58.6 Å². The molecule has 1 atom stereocenters. The zero-order valence-electron chi connectivity index (χ0n) is 18.1. The van der Waals surface area contributed by atoms with E-state index in [4.69, 9.17) is 4.74 Å². The number of hydrogen-bond acceptors (Lipinski definition) is 3. The van der Waals surface area contributed by atoms with Crippen LogP contribution in [0.15, 0.2) is 48.5 Å². The lowest BCUT2D eigenvalue weighted by molar-refractivity contribution is -0.141. The third-order valence-electron chi connectivity index (χ3n) is 4.99. The minimum Gasteiger partial charge on any atom is -0.483 e. The molecule has 0 fully saturated rings. The van der Waals surface area contributed by atoms with E-state index in [2.05, 4.69) is 5.32 Å². The molecule has 2 aromatic rings. The first kappa shape index (κ1) is 22.5. The maximum Gasteiger partial charge on any atom is 0.261 e. The summed E-state index contributed by atoms with van der Waals surface area (Å²) in [5, 5.41) is 2.89. The van der Waals surface area contributed by atoms with Crippen molar-refractivity contribution in [1.29, 1.82) is 0 Å². The van der Waals surface area contributed by atoms with E-state index in [1.165, 1.54) is 0 Å². The lowest BCUT2D eigenvalue weighted by Gasteiger charge is -2.29. The summed E-state index contributed by atoms with van der Waals surface area (Å²) in [6, 6.07) is 15.2. The quantitative estimate of drug-likeness (QED) is 0.704. The van der Waals surface area contributed by atoms with Crippen molar-refractivity contribution >= 4 is 11.8 Å². The maximum atomic E-state index is 13.0. The standard InChI is InChI=1S/C24H32N2O3/c1-17(2)25-24(28)20(5)26(15-14-21-11-7-6-8-12-21)23(27)16-29-22-13-9-10-18(3)19(22)4/h6-13,17,20H,14-16H2,1-5H3,(H,25,28)/t20-/m1/s1. The Balaban J connectivity index is 2.10. The van der Waals surface area contributed by atoms with Gasteiger partial charge in [-0.05, 0) is 63.8 Å². The molecule has 2 rings (SSSR count). The van der Waals surface area contributed by atoms with Crippen LogP contribution in [0.4, 0.5) is 0 Å². The molecular formula is C24H32N2O3. The Bertz CT molecular complexity index is 818. The number of benzene rings is 2. The Kier molecular flexibility index (Phi) is 8.25. The largest absolute Gasteiger partial charge is 0.483 e.